The van der Waals surface area contributed by atoms with Crippen LogP contribution in [0, 0.1) is 24.7 Å². The van der Waals surface area contributed by atoms with Crippen LogP contribution in [0.5, 0.6) is 5.75 Å². The lowest BCUT2D eigenvalue weighted by atomic mass is 9.77. The maximum atomic E-state index is 14.2. The molecule has 2 saturated carbocycles. The van der Waals surface area contributed by atoms with Crippen molar-refractivity contribution in [3.05, 3.63) is 66.0 Å². The van der Waals surface area contributed by atoms with Gasteiger partial charge in [0.1, 0.15) is 17.4 Å². The molecule has 2 amide bonds. The summed E-state index contributed by atoms with van der Waals surface area (Å²) in [4.78, 5) is 38.5. The molecule has 2 N–H and O–H groups in total. The maximum absolute atomic E-state index is 14.2. The molecule has 3 aromatic rings. The van der Waals surface area contributed by atoms with E-state index in [1.165, 1.54) is 11.1 Å². The summed E-state index contributed by atoms with van der Waals surface area (Å²) < 4.78 is 5.47. The van der Waals surface area contributed by atoms with Gasteiger partial charge >= 0.3 is 6.09 Å². The van der Waals surface area contributed by atoms with Crippen molar-refractivity contribution in [2.75, 3.05) is 44.1 Å². The molecule has 240 valence electrons. The molecule has 2 heterocycles. The molecule has 0 aliphatic heterocycles. The number of benzene rings is 1. The van der Waals surface area contributed by atoms with Gasteiger partial charge in [-0.1, -0.05) is 12.1 Å². The highest BCUT2D eigenvalue weighted by atomic mass is 16.5. The smallest absolute Gasteiger partial charge is 0.404 e. The zero-order valence-electron chi connectivity index (χ0n) is 27.0. The maximum Gasteiger partial charge on any atom is 0.404 e. The lowest BCUT2D eigenvalue weighted by Crippen LogP contribution is -2.42. The van der Waals surface area contributed by atoms with Crippen LogP contribution in [0.25, 0.3) is 11.1 Å². The minimum absolute atomic E-state index is 0.0869. The van der Waals surface area contributed by atoms with Crippen molar-refractivity contribution in [1.29, 1.82) is 0 Å². The lowest BCUT2D eigenvalue weighted by molar-refractivity contribution is -0.123. The van der Waals surface area contributed by atoms with Gasteiger partial charge in [0.05, 0.1) is 7.11 Å². The monoisotopic (exact) mass is 613 g/mol. The van der Waals surface area contributed by atoms with Gasteiger partial charge in [0, 0.05) is 51.1 Å². The number of nitrogens with zero attached hydrogens (tertiary/aromatic N) is 4. The Balaban J connectivity index is 1.32. The number of anilines is 2. The molecular formula is C36H47N5O4. The Hall–Kier alpha value is -4.14. The summed E-state index contributed by atoms with van der Waals surface area (Å²) in [5.74, 6) is 3.74. The van der Waals surface area contributed by atoms with E-state index in [1.807, 2.05) is 48.3 Å². The van der Waals surface area contributed by atoms with Gasteiger partial charge in [0.15, 0.2) is 0 Å². The number of amides is 2. The zero-order valence-corrected chi connectivity index (χ0v) is 27.0. The highest BCUT2D eigenvalue weighted by Crippen LogP contribution is 2.39. The number of methoxy groups -OCH3 is 1. The number of pyridine rings is 2. The number of carbonyl (C=O) groups is 2. The number of carbonyl (C=O) groups excluding carboxylic acids is 1. The van der Waals surface area contributed by atoms with Crippen LogP contribution in [-0.4, -0.2) is 61.4 Å². The van der Waals surface area contributed by atoms with Gasteiger partial charge < -0.3 is 20.1 Å². The third-order valence-corrected chi connectivity index (χ3v) is 9.74. The van der Waals surface area contributed by atoms with Crippen LogP contribution in [0.1, 0.15) is 68.4 Å². The molecule has 2 fully saturated rings. The molecule has 0 radical (unpaired) electrons. The average molecular weight is 614 g/mol. The number of hydrogen-bond acceptors (Lipinski definition) is 6. The third kappa shape index (κ3) is 8.12. The predicted molar refractivity (Wildman–Crippen MR) is 178 cm³/mol. The first-order chi connectivity index (χ1) is 21.7. The van der Waals surface area contributed by atoms with Crippen LogP contribution in [0.15, 0.2) is 54.9 Å². The van der Waals surface area contributed by atoms with E-state index in [2.05, 4.69) is 41.5 Å². The van der Waals surface area contributed by atoms with Crippen LogP contribution >= 0.6 is 0 Å². The standard InChI is InChI=1S/C36H47N5O4/c1-24-19-29(13-15-32(24)45-4)27-9-7-26(8-10-27)23-41(35(42)28-11-5-25(6-12-28)21-39-36(43)44)34-20-30(17-18-37-34)31-14-16-33(38-22-31)40(2)3/h13-20,22,25-28,39H,5-12,21,23H2,1-4H3,(H,43,44). The van der Waals surface area contributed by atoms with Crippen LogP contribution in [0.4, 0.5) is 16.4 Å². The molecule has 2 aliphatic rings. The van der Waals surface area contributed by atoms with E-state index >= 15 is 0 Å². The number of aromatic nitrogens is 2. The fraction of sp³-hybridized carbons (Fsp3) is 0.500. The van der Waals surface area contributed by atoms with Crippen molar-refractivity contribution in [2.45, 2.75) is 64.2 Å². The summed E-state index contributed by atoms with van der Waals surface area (Å²) in [6.45, 7) is 3.20. The van der Waals surface area contributed by atoms with E-state index < -0.39 is 6.09 Å². The zero-order chi connectivity index (χ0) is 31.9. The molecule has 2 aliphatic carbocycles. The van der Waals surface area contributed by atoms with E-state index in [-0.39, 0.29) is 17.7 Å². The fourth-order valence-electron chi connectivity index (χ4n) is 7.02. The van der Waals surface area contributed by atoms with E-state index in [9.17, 15) is 9.59 Å². The van der Waals surface area contributed by atoms with Gasteiger partial charge in [-0.05, 0) is 123 Å². The SMILES string of the molecule is COc1ccc(C2CCC(CN(C(=O)C3CCC(CNC(=O)O)CC3)c3cc(-c4ccc(N(C)C)nc4)ccn3)CC2)cc1C. The van der Waals surface area contributed by atoms with Crippen LogP contribution in [0.3, 0.4) is 0 Å². The number of hydrogen-bond donors (Lipinski definition) is 2. The topological polar surface area (TPSA) is 108 Å². The number of ether oxygens (including phenoxy) is 1. The number of aryl methyl sites for hydroxylation is 1. The second-order valence-corrected chi connectivity index (χ2v) is 13.0. The van der Waals surface area contributed by atoms with E-state index in [0.717, 1.165) is 74.1 Å². The Morgan fingerprint density at radius 2 is 1.62 bits per heavy atom. The molecule has 2 aromatic heterocycles. The second kappa shape index (κ2) is 14.8. The van der Waals surface area contributed by atoms with Crippen LogP contribution < -0.4 is 19.9 Å². The Morgan fingerprint density at radius 3 is 2.24 bits per heavy atom. The highest BCUT2D eigenvalue weighted by Gasteiger charge is 2.33. The molecule has 9 nitrogen and oxygen atoms in total. The molecule has 45 heavy (non-hydrogen) atoms. The first-order valence-electron chi connectivity index (χ1n) is 16.2. The van der Waals surface area contributed by atoms with Gasteiger partial charge in [-0.2, -0.15) is 0 Å². The first-order valence-corrected chi connectivity index (χ1v) is 16.2. The molecule has 5 rings (SSSR count). The molecule has 9 heteroatoms. The first kappa shape index (κ1) is 32.3. The molecule has 0 atom stereocenters. The van der Waals surface area contributed by atoms with Gasteiger partial charge in [-0.25, -0.2) is 14.8 Å². The van der Waals surface area contributed by atoms with Crippen molar-refractivity contribution >= 4 is 23.6 Å². The summed E-state index contributed by atoms with van der Waals surface area (Å²) in [6, 6.07) is 14.6. The summed E-state index contributed by atoms with van der Waals surface area (Å²) in [6.07, 6.45) is 10.2. The Kier molecular flexibility index (Phi) is 10.6. The predicted octanol–water partition coefficient (Wildman–Crippen LogP) is 6.91. The van der Waals surface area contributed by atoms with Crippen molar-refractivity contribution in [3.63, 3.8) is 0 Å². The molecule has 0 spiro atoms. The summed E-state index contributed by atoms with van der Waals surface area (Å²) in [5, 5.41) is 11.5. The van der Waals surface area contributed by atoms with Crippen molar-refractivity contribution in [2.24, 2.45) is 17.8 Å². The largest absolute Gasteiger partial charge is 0.496 e. The van der Waals surface area contributed by atoms with E-state index in [1.54, 1.807) is 13.3 Å². The fourth-order valence-corrected chi connectivity index (χ4v) is 7.02. The van der Waals surface area contributed by atoms with Gasteiger partial charge in [-0.3, -0.25) is 9.69 Å². The number of nitrogens with one attached hydrogen (secondary N) is 1. The summed E-state index contributed by atoms with van der Waals surface area (Å²) in [7, 11) is 5.65. The third-order valence-electron chi connectivity index (χ3n) is 9.74. The summed E-state index contributed by atoms with van der Waals surface area (Å²) in [5.41, 5.74) is 4.51. The van der Waals surface area contributed by atoms with E-state index in [0.29, 0.717) is 30.7 Å². The molecule has 0 saturated heterocycles. The van der Waals surface area contributed by atoms with Crippen molar-refractivity contribution in [1.82, 2.24) is 15.3 Å². The minimum atomic E-state index is -0.992. The molecular weight excluding hydrogens is 566 g/mol. The van der Waals surface area contributed by atoms with Gasteiger partial charge in [0.25, 0.3) is 0 Å². The Bertz CT molecular complexity index is 1440. The number of rotatable bonds is 10. The number of carboxylic acid groups (broad SMARTS) is 1. The van der Waals surface area contributed by atoms with Gasteiger partial charge in [0.2, 0.25) is 5.91 Å². The second-order valence-electron chi connectivity index (χ2n) is 13.0. The van der Waals surface area contributed by atoms with Gasteiger partial charge in [-0.15, -0.1) is 0 Å². The molecule has 1 aromatic carbocycles. The molecule has 0 unspecified atom stereocenters. The van der Waals surface area contributed by atoms with Crippen LogP contribution in [0.2, 0.25) is 0 Å². The van der Waals surface area contributed by atoms with E-state index in [4.69, 9.17) is 14.8 Å². The quantitative estimate of drug-likeness (QED) is 0.256. The molecule has 0 bridgehead atoms. The Labute approximate surface area is 267 Å². The van der Waals surface area contributed by atoms with Crippen molar-refractivity contribution in [3.8, 4) is 16.9 Å². The average Bonchev–Trinajstić information content (AvgIpc) is 3.06. The minimum Gasteiger partial charge on any atom is -0.496 e. The normalized spacial score (nSPS) is 21.5. The summed E-state index contributed by atoms with van der Waals surface area (Å²) >= 11 is 0. The Morgan fingerprint density at radius 1 is 0.889 bits per heavy atom. The highest BCUT2D eigenvalue weighted by molar-refractivity contribution is 5.94. The van der Waals surface area contributed by atoms with Crippen LogP contribution in [-0.2, 0) is 4.79 Å². The van der Waals surface area contributed by atoms with Crippen molar-refractivity contribution < 1.29 is 19.4 Å². The lowest BCUT2D eigenvalue weighted by Gasteiger charge is -2.36.